The zero-order valence-electron chi connectivity index (χ0n) is 11.8. The normalized spacial score (nSPS) is 20.6. The average Bonchev–Trinajstić information content (AvgIpc) is 2.74. The first-order chi connectivity index (χ1) is 9.47. The molecule has 20 heavy (non-hydrogen) atoms. The highest BCUT2D eigenvalue weighted by atomic mass is 32.2. The van der Waals surface area contributed by atoms with Crippen LogP contribution in [0.3, 0.4) is 0 Å². The number of methoxy groups -OCH3 is 1. The number of ether oxygens (including phenoxy) is 1. The Hall–Kier alpha value is -1.69. The zero-order chi connectivity index (χ0) is 14.8. The first-order valence-electron chi connectivity index (χ1n) is 6.30. The smallest absolute Gasteiger partial charge is 0.248 e. The SMILES string of the molecule is COc1ccc(NC(=O)[C@H]2CSC(C)(C)N2C=O)cc1. The number of nitrogens with zero attached hydrogens (tertiary/aromatic N) is 1. The Morgan fingerprint density at radius 1 is 1.45 bits per heavy atom. The van der Waals surface area contributed by atoms with Crippen molar-refractivity contribution in [3.8, 4) is 5.75 Å². The van der Waals surface area contributed by atoms with Crippen LogP contribution in [-0.2, 0) is 9.59 Å². The first kappa shape index (κ1) is 14.7. The molecule has 1 fully saturated rings. The first-order valence-corrected chi connectivity index (χ1v) is 7.29. The van der Waals surface area contributed by atoms with Crippen LogP contribution in [0.15, 0.2) is 24.3 Å². The van der Waals surface area contributed by atoms with Gasteiger partial charge < -0.3 is 15.0 Å². The molecular weight excluding hydrogens is 276 g/mol. The van der Waals surface area contributed by atoms with E-state index in [2.05, 4.69) is 5.32 Å². The van der Waals surface area contributed by atoms with Gasteiger partial charge in [-0.15, -0.1) is 11.8 Å². The molecular formula is C14H18N2O3S. The predicted molar refractivity (Wildman–Crippen MR) is 79.9 cm³/mol. The van der Waals surface area contributed by atoms with Gasteiger partial charge in [-0.2, -0.15) is 0 Å². The highest BCUT2D eigenvalue weighted by molar-refractivity contribution is 8.00. The summed E-state index contributed by atoms with van der Waals surface area (Å²) in [5.74, 6) is 1.17. The third kappa shape index (κ3) is 2.90. The van der Waals surface area contributed by atoms with Crippen molar-refractivity contribution in [3.63, 3.8) is 0 Å². The van der Waals surface area contributed by atoms with E-state index in [4.69, 9.17) is 4.74 Å². The number of carbonyl (C=O) groups excluding carboxylic acids is 2. The molecule has 2 amide bonds. The minimum atomic E-state index is -0.436. The van der Waals surface area contributed by atoms with Gasteiger partial charge in [0, 0.05) is 11.4 Å². The number of carbonyl (C=O) groups is 2. The molecule has 0 unspecified atom stereocenters. The molecule has 1 aliphatic rings. The van der Waals surface area contributed by atoms with Crippen molar-refractivity contribution in [1.82, 2.24) is 4.90 Å². The lowest BCUT2D eigenvalue weighted by molar-refractivity contribution is -0.130. The molecule has 6 heteroatoms. The second kappa shape index (κ2) is 5.75. The minimum Gasteiger partial charge on any atom is -0.497 e. The molecule has 1 N–H and O–H groups in total. The highest BCUT2D eigenvalue weighted by Crippen LogP contribution is 2.37. The van der Waals surface area contributed by atoms with Crippen LogP contribution in [0.5, 0.6) is 5.75 Å². The summed E-state index contributed by atoms with van der Waals surface area (Å²) < 4.78 is 5.07. The maximum absolute atomic E-state index is 12.3. The standard InChI is InChI=1S/C14H18N2O3S/c1-14(2)16(9-17)12(8-20-14)13(18)15-10-4-6-11(19-3)7-5-10/h4-7,9,12H,8H2,1-3H3,(H,15,18)/t12-/m1/s1. The molecule has 1 aromatic carbocycles. The molecule has 0 saturated carbocycles. The molecule has 1 atom stereocenters. The largest absolute Gasteiger partial charge is 0.497 e. The summed E-state index contributed by atoms with van der Waals surface area (Å²) in [7, 11) is 1.59. The van der Waals surface area contributed by atoms with Crippen LogP contribution in [0.1, 0.15) is 13.8 Å². The summed E-state index contributed by atoms with van der Waals surface area (Å²) in [5.41, 5.74) is 0.691. The Balaban J connectivity index is 2.06. The van der Waals surface area contributed by atoms with Crippen molar-refractivity contribution < 1.29 is 14.3 Å². The number of benzene rings is 1. The molecule has 1 saturated heterocycles. The predicted octanol–water partition coefficient (Wildman–Crippen LogP) is 1.94. The van der Waals surface area contributed by atoms with E-state index in [1.807, 2.05) is 13.8 Å². The fourth-order valence-electron chi connectivity index (χ4n) is 2.12. The van der Waals surface area contributed by atoms with Gasteiger partial charge in [-0.1, -0.05) is 0 Å². The molecule has 5 nitrogen and oxygen atoms in total. The second-order valence-electron chi connectivity index (χ2n) is 5.00. The van der Waals surface area contributed by atoms with Gasteiger partial charge in [-0.05, 0) is 38.1 Å². The van der Waals surface area contributed by atoms with E-state index in [9.17, 15) is 9.59 Å². The van der Waals surface area contributed by atoms with Crippen LogP contribution in [0.4, 0.5) is 5.69 Å². The Bertz CT molecular complexity index is 502. The summed E-state index contributed by atoms with van der Waals surface area (Å²) in [4.78, 5) is 24.7. The van der Waals surface area contributed by atoms with Gasteiger partial charge in [0.05, 0.1) is 12.0 Å². The Morgan fingerprint density at radius 3 is 2.65 bits per heavy atom. The monoisotopic (exact) mass is 294 g/mol. The Kier molecular flexibility index (Phi) is 4.23. The van der Waals surface area contributed by atoms with Crippen LogP contribution >= 0.6 is 11.8 Å². The van der Waals surface area contributed by atoms with Gasteiger partial charge in [-0.25, -0.2) is 0 Å². The molecule has 108 valence electrons. The van der Waals surface area contributed by atoms with Crippen LogP contribution in [0.2, 0.25) is 0 Å². The van der Waals surface area contributed by atoms with Crippen LogP contribution < -0.4 is 10.1 Å². The lowest BCUT2D eigenvalue weighted by atomic mass is 10.2. The summed E-state index contributed by atoms with van der Waals surface area (Å²) in [5, 5.41) is 2.83. The number of rotatable bonds is 4. The van der Waals surface area contributed by atoms with E-state index in [1.165, 1.54) is 0 Å². The third-order valence-corrected chi connectivity index (χ3v) is 4.73. The number of hydrogen-bond donors (Lipinski definition) is 1. The Morgan fingerprint density at radius 2 is 2.10 bits per heavy atom. The van der Waals surface area contributed by atoms with Crippen molar-refractivity contribution in [2.45, 2.75) is 24.8 Å². The van der Waals surface area contributed by atoms with Gasteiger partial charge in [0.2, 0.25) is 12.3 Å². The van der Waals surface area contributed by atoms with Crippen LogP contribution in [0, 0.1) is 0 Å². The van der Waals surface area contributed by atoms with Crippen molar-refractivity contribution in [3.05, 3.63) is 24.3 Å². The summed E-state index contributed by atoms with van der Waals surface area (Å²) in [6.45, 7) is 3.87. The lowest BCUT2D eigenvalue weighted by Crippen LogP contribution is -2.47. The van der Waals surface area contributed by atoms with E-state index < -0.39 is 6.04 Å². The number of thioether (sulfide) groups is 1. The van der Waals surface area contributed by atoms with E-state index in [1.54, 1.807) is 48.0 Å². The maximum Gasteiger partial charge on any atom is 0.248 e. The van der Waals surface area contributed by atoms with E-state index >= 15 is 0 Å². The van der Waals surface area contributed by atoms with Crippen molar-refractivity contribution in [1.29, 1.82) is 0 Å². The average molecular weight is 294 g/mol. The molecule has 2 rings (SSSR count). The molecule has 1 aromatic rings. The molecule has 1 heterocycles. The van der Waals surface area contributed by atoms with Gasteiger partial charge in [0.1, 0.15) is 11.8 Å². The second-order valence-corrected chi connectivity index (χ2v) is 6.63. The quantitative estimate of drug-likeness (QED) is 0.862. The zero-order valence-corrected chi connectivity index (χ0v) is 12.6. The summed E-state index contributed by atoms with van der Waals surface area (Å²) >= 11 is 1.60. The molecule has 0 bridgehead atoms. The number of nitrogens with one attached hydrogen (secondary N) is 1. The van der Waals surface area contributed by atoms with Crippen LogP contribution in [-0.4, -0.2) is 41.0 Å². The van der Waals surface area contributed by atoms with E-state index in [-0.39, 0.29) is 10.8 Å². The number of anilines is 1. The fraction of sp³-hybridized carbons (Fsp3) is 0.429. The molecule has 0 aromatic heterocycles. The highest BCUT2D eigenvalue weighted by Gasteiger charge is 2.42. The molecule has 1 aliphatic heterocycles. The van der Waals surface area contributed by atoms with E-state index in [0.29, 0.717) is 11.4 Å². The molecule has 0 spiro atoms. The molecule has 0 aliphatic carbocycles. The summed E-state index contributed by atoms with van der Waals surface area (Å²) in [6, 6.07) is 6.67. The van der Waals surface area contributed by atoms with Gasteiger partial charge in [0.15, 0.2) is 0 Å². The van der Waals surface area contributed by atoms with Gasteiger partial charge >= 0.3 is 0 Å². The minimum absolute atomic E-state index is 0.166. The molecule has 0 radical (unpaired) electrons. The fourth-order valence-corrected chi connectivity index (χ4v) is 3.31. The summed E-state index contributed by atoms with van der Waals surface area (Å²) in [6.07, 6.45) is 0.748. The van der Waals surface area contributed by atoms with Crippen LogP contribution in [0.25, 0.3) is 0 Å². The maximum atomic E-state index is 12.3. The number of amides is 2. The topological polar surface area (TPSA) is 58.6 Å². The number of hydrogen-bond acceptors (Lipinski definition) is 4. The van der Waals surface area contributed by atoms with Crippen molar-refractivity contribution in [2.75, 3.05) is 18.2 Å². The van der Waals surface area contributed by atoms with Crippen molar-refractivity contribution >= 4 is 29.8 Å². The lowest BCUT2D eigenvalue weighted by Gasteiger charge is -2.30. The van der Waals surface area contributed by atoms with Gasteiger partial charge in [-0.3, -0.25) is 9.59 Å². The third-order valence-electron chi connectivity index (χ3n) is 3.33. The van der Waals surface area contributed by atoms with Crippen molar-refractivity contribution in [2.24, 2.45) is 0 Å². The van der Waals surface area contributed by atoms with E-state index in [0.717, 1.165) is 12.2 Å². The Labute approximate surface area is 122 Å². The van der Waals surface area contributed by atoms with Gasteiger partial charge in [0.25, 0.3) is 0 Å².